The number of halogens is 2. The van der Waals surface area contributed by atoms with Crippen LogP contribution in [0.1, 0.15) is 89.5 Å². The molecule has 2 aliphatic rings. The molecule has 3 heteroatoms. The van der Waals surface area contributed by atoms with Crippen LogP contribution in [0.5, 0.6) is 0 Å². The SMILES string of the molecule is CC(C)(C)c1[c-]c2c(cc1)-c1ccc(C(C)(C)C)cc1C2.[Cl-].[Cl-].[Ti+2]=[C]1CCCC1.c1cc[cH-]c1. The van der Waals surface area contributed by atoms with E-state index in [0.717, 1.165) is 6.42 Å². The Kier molecular flexibility index (Phi) is 12.1. The van der Waals surface area contributed by atoms with E-state index in [1.165, 1.54) is 59.1 Å². The molecule has 3 aromatic rings. The first kappa shape index (κ1) is 31.0. The van der Waals surface area contributed by atoms with Gasteiger partial charge in [-0.3, -0.25) is 0 Å². The topological polar surface area (TPSA) is 0 Å². The fourth-order valence-electron chi connectivity index (χ4n) is 4.15. The molecule has 0 unspecified atom stereocenters. The van der Waals surface area contributed by atoms with Crippen LogP contribution in [0.3, 0.4) is 0 Å². The van der Waals surface area contributed by atoms with E-state index in [-0.39, 0.29) is 35.6 Å². The van der Waals surface area contributed by atoms with Crippen LogP contribution in [-0.2, 0) is 37.2 Å². The van der Waals surface area contributed by atoms with Crippen molar-refractivity contribution in [3.63, 3.8) is 0 Å². The second-order valence-corrected chi connectivity index (χ2v) is 12.2. The van der Waals surface area contributed by atoms with E-state index in [4.69, 9.17) is 0 Å². The van der Waals surface area contributed by atoms with Gasteiger partial charge in [0.2, 0.25) is 0 Å². The van der Waals surface area contributed by atoms with Gasteiger partial charge in [-0.05, 0) is 28.4 Å². The summed E-state index contributed by atoms with van der Waals surface area (Å²) in [5, 5.41) is 0. The Morgan fingerprint density at radius 1 is 0.794 bits per heavy atom. The fourth-order valence-corrected chi connectivity index (χ4v) is 4.70. The molecule has 2 aliphatic carbocycles. The summed E-state index contributed by atoms with van der Waals surface area (Å²) in [7, 11) is 0. The standard InChI is InChI=1S/C21H25.C5H8.C5H5.2ClH.Ti/c1-20(2,3)16-7-9-18-14(12-16)11-15-13-17(21(4,5)6)8-10-19(15)18;2*1-2-4-5-3-1;;;/h7-10,12H,11H2,1-6H3;1-4H2;1-5H;2*1H;/q-1;;-1;;;+2/p-2. The summed E-state index contributed by atoms with van der Waals surface area (Å²) in [6, 6.07) is 25.2. The maximum Gasteiger partial charge on any atom is -0.172 e. The van der Waals surface area contributed by atoms with Crippen molar-refractivity contribution >= 4 is 3.81 Å². The molecule has 1 fully saturated rings. The van der Waals surface area contributed by atoms with Crippen LogP contribution < -0.4 is 24.8 Å². The Labute approximate surface area is 232 Å². The second-order valence-electron chi connectivity index (χ2n) is 11.1. The first-order valence-electron chi connectivity index (χ1n) is 12.0. The van der Waals surface area contributed by atoms with Gasteiger partial charge in [0.1, 0.15) is 0 Å². The normalized spacial score (nSPS) is 13.8. The van der Waals surface area contributed by atoms with Gasteiger partial charge in [0.15, 0.2) is 0 Å². The smallest absolute Gasteiger partial charge is 0.172 e. The Hall–Kier alpha value is -1.05. The third kappa shape index (κ3) is 8.56. The first-order chi connectivity index (χ1) is 15.1. The molecule has 0 nitrogen and oxygen atoms in total. The molecular formula is C31H38Cl2Ti-2. The molecule has 3 aromatic carbocycles. The molecular weight excluding hydrogens is 491 g/mol. The molecule has 0 amide bonds. The Balaban J connectivity index is 0.000000367. The van der Waals surface area contributed by atoms with Gasteiger partial charge in [-0.25, -0.2) is 12.1 Å². The second kappa shape index (κ2) is 13.3. The minimum atomic E-state index is 0. The minimum absolute atomic E-state index is 0. The maximum absolute atomic E-state index is 3.67. The fraction of sp³-hybridized carbons (Fsp3) is 0.419. The van der Waals surface area contributed by atoms with Crippen molar-refractivity contribution in [3.8, 4) is 11.1 Å². The molecule has 0 spiro atoms. The predicted octanol–water partition coefficient (Wildman–Crippen LogP) is 2.35. The van der Waals surface area contributed by atoms with E-state index in [1.54, 1.807) is 3.81 Å². The van der Waals surface area contributed by atoms with Gasteiger partial charge in [-0.1, -0.05) is 65.3 Å². The maximum atomic E-state index is 3.67. The molecule has 0 aromatic heterocycles. The number of benzene rings is 2. The Bertz CT molecular complexity index is 948. The summed E-state index contributed by atoms with van der Waals surface area (Å²) in [6.45, 7) is 13.6. The Morgan fingerprint density at radius 2 is 1.38 bits per heavy atom. The quantitative estimate of drug-likeness (QED) is 0.243. The molecule has 182 valence electrons. The van der Waals surface area contributed by atoms with Crippen LogP contribution in [-0.4, -0.2) is 3.81 Å². The van der Waals surface area contributed by atoms with Crippen molar-refractivity contribution in [1.82, 2.24) is 0 Å². The minimum Gasteiger partial charge on any atom is -0.214 e. The summed E-state index contributed by atoms with van der Waals surface area (Å²) < 4.78 is 1.70. The molecule has 0 N–H and O–H groups in total. The predicted molar refractivity (Wildman–Crippen MR) is 136 cm³/mol. The van der Waals surface area contributed by atoms with E-state index >= 15 is 0 Å². The zero-order valence-electron chi connectivity index (χ0n) is 21.6. The van der Waals surface area contributed by atoms with Crippen LogP contribution in [0.2, 0.25) is 0 Å². The van der Waals surface area contributed by atoms with Crippen molar-refractivity contribution < 1.29 is 44.8 Å². The third-order valence-electron chi connectivity index (χ3n) is 6.23. The van der Waals surface area contributed by atoms with Crippen LogP contribution in [0, 0.1) is 6.07 Å². The van der Waals surface area contributed by atoms with Crippen molar-refractivity contribution in [2.75, 3.05) is 0 Å². The van der Waals surface area contributed by atoms with Crippen molar-refractivity contribution in [2.24, 2.45) is 0 Å². The van der Waals surface area contributed by atoms with Gasteiger partial charge in [-0.2, -0.15) is 42.0 Å². The number of hydrogen-bond donors (Lipinski definition) is 0. The third-order valence-corrected chi connectivity index (χ3v) is 7.01. The monoisotopic (exact) mass is 528 g/mol. The molecule has 34 heavy (non-hydrogen) atoms. The number of hydrogen-bond acceptors (Lipinski definition) is 0. The van der Waals surface area contributed by atoms with Crippen LogP contribution >= 0.6 is 0 Å². The van der Waals surface area contributed by atoms with Crippen molar-refractivity contribution in [3.05, 3.63) is 89.0 Å². The van der Waals surface area contributed by atoms with Crippen LogP contribution in [0.4, 0.5) is 0 Å². The molecule has 0 saturated heterocycles. The Morgan fingerprint density at radius 3 is 1.82 bits per heavy atom. The van der Waals surface area contributed by atoms with Crippen molar-refractivity contribution in [1.29, 1.82) is 0 Å². The summed E-state index contributed by atoms with van der Waals surface area (Å²) in [5.74, 6) is 0. The molecule has 0 radical (unpaired) electrons. The average Bonchev–Trinajstić information content (AvgIpc) is 3.48. The van der Waals surface area contributed by atoms with Gasteiger partial charge in [0.05, 0.1) is 0 Å². The van der Waals surface area contributed by atoms with Crippen molar-refractivity contribution in [2.45, 2.75) is 84.5 Å². The molecule has 0 bridgehead atoms. The van der Waals surface area contributed by atoms with Crippen LogP contribution in [0.15, 0.2) is 60.7 Å². The van der Waals surface area contributed by atoms with E-state index in [9.17, 15) is 0 Å². The van der Waals surface area contributed by atoms with E-state index in [2.05, 4.69) is 97.9 Å². The van der Waals surface area contributed by atoms with Gasteiger partial charge < -0.3 is 24.8 Å². The zero-order valence-corrected chi connectivity index (χ0v) is 24.6. The van der Waals surface area contributed by atoms with E-state index < -0.39 is 0 Å². The molecule has 1 saturated carbocycles. The van der Waals surface area contributed by atoms with Crippen LogP contribution in [0.25, 0.3) is 11.1 Å². The molecule has 0 aliphatic heterocycles. The van der Waals surface area contributed by atoms with Gasteiger partial charge in [0, 0.05) is 0 Å². The number of rotatable bonds is 0. The molecule has 0 heterocycles. The summed E-state index contributed by atoms with van der Waals surface area (Å²) in [5.41, 5.74) is 8.70. The van der Waals surface area contributed by atoms with Gasteiger partial charge >= 0.3 is 49.5 Å². The molecule has 5 rings (SSSR count). The van der Waals surface area contributed by atoms with Gasteiger partial charge in [0.25, 0.3) is 0 Å². The largest absolute Gasteiger partial charge is 0.214 e. The van der Waals surface area contributed by atoms with E-state index in [1.807, 2.05) is 30.3 Å². The summed E-state index contributed by atoms with van der Waals surface area (Å²) in [6.07, 6.45) is 6.73. The summed E-state index contributed by atoms with van der Waals surface area (Å²) in [4.78, 5) is 0. The average molecular weight is 529 g/mol. The first-order valence-corrected chi connectivity index (χ1v) is 12.8. The molecule has 0 atom stereocenters. The van der Waals surface area contributed by atoms with E-state index in [0.29, 0.717) is 0 Å². The van der Waals surface area contributed by atoms with Gasteiger partial charge in [-0.15, -0.1) is 11.1 Å². The number of fused-ring (bicyclic) bond motifs is 3. The zero-order chi connectivity index (χ0) is 23.4. The summed E-state index contributed by atoms with van der Waals surface area (Å²) >= 11 is 2.26.